The molecule has 1 aromatic rings. The van der Waals surface area contributed by atoms with Crippen LogP contribution in [0.25, 0.3) is 0 Å². The van der Waals surface area contributed by atoms with Crippen molar-refractivity contribution in [3.63, 3.8) is 0 Å². The molecule has 1 aromatic heterocycles. The molecule has 7 nitrogen and oxygen atoms in total. The molecule has 0 atom stereocenters. The van der Waals surface area contributed by atoms with E-state index in [0.717, 1.165) is 7.11 Å². The van der Waals surface area contributed by atoms with Crippen LogP contribution in [0.4, 0.5) is 14.5 Å². The summed E-state index contributed by atoms with van der Waals surface area (Å²) in [5.74, 6) is -1.24. The van der Waals surface area contributed by atoms with Gasteiger partial charge >= 0.3 is 5.97 Å². The highest BCUT2D eigenvalue weighted by molar-refractivity contribution is 5.90. The molecule has 0 aromatic carbocycles. The zero-order valence-electron chi connectivity index (χ0n) is 8.89. The van der Waals surface area contributed by atoms with Gasteiger partial charge in [0.15, 0.2) is 5.69 Å². The lowest BCUT2D eigenvalue weighted by molar-refractivity contribution is -0.386. The number of esters is 1. The summed E-state index contributed by atoms with van der Waals surface area (Å²) in [5.41, 5.74) is -3.88. The van der Waals surface area contributed by atoms with Crippen molar-refractivity contribution in [3.05, 3.63) is 33.1 Å². The number of ether oxygens (including phenoxy) is 1. The Balaban J connectivity index is 3.69. The molecule has 0 fully saturated rings. The van der Waals surface area contributed by atoms with Crippen LogP contribution in [0.1, 0.15) is 28.0 Å². The van der Waals surface area contributed by atoms with Crippen LogP contribution in [0, 0.1) is 21.4 Å². The van der Waals surface area contributed by atoms with Gasteiger partial charge in [-0.05, 0) is 0 Å². The lowest BCUT2D eigenvalue weighted by atomic mass is 10.1. The van der Waals surface area contributed by atoms with Crippen LogP contribution < -0.4 is 0 Å². The average Bonchev–Trinajstić information content (AvgIpc) is 2.35. The van der Waals surface area contributed by atoms with Gasteiger partial charge in [0.2, 0.25) is 0 Å². The number of nitro groups is 1. The van der Waals surface area contributed by atoms with Gasteiger partial charge in [-0.1, -0.05) is 0 Å². The first-order valence-corrected chi connectivity index (χ1v) is 4.37. The van der Waals surface area contributed by atoms with Crippen molar-refractivity contribution in [1.82, 2.24) is 4.98 Å². The van der Waals surface area contributed by atoms with Crippen LogP contribution in [0.2, 0.25) is 0 Å². The third-order valence-corrected chi connectivity index (χ3v) is 1.99. The lowest BCUT2D eigenvalue weighted by Gasteiger charge is -2.07. The number of nitrogens with zero attached hydrogens (tertiary/aromatic N) is 3. The first-order chi connectivity index (χ1) is 8.43. The maximum absolute atomic E-state index is 12.8. The van der Waals surface area contributed by atoms with Crippen molar-refractivity contribution < 1.29 is 23.2 Å². The molecule has 18 heavy (non-hydrogen) atoms. The Morgan fingerprint density at radius 1 is 1.67 bits per heavy atom. The Bertz CT molecular complexity index is 553. The van der Waals surface area contributed by atoms with Crippen molar-refractivity contribution in [2.24, 2.45) is 0 Å². The molecule has 0 radical (unpaired) electrons. The number of methoxy groups -OCH3 is 1. The molecule has 0 saturated carbocycles. The maximum Gasteiger partial charge on any atom is 0.357 e. The van der Waals surface area contributed by atoms with Crippen molar-refractivity contribution in [1.29, 1.82) is 5.26 Å². The second-order valence-electron chi connectivity index (χ2n) is 2.94. The lowest BCUT2D eigenvalue weighted by Crippen LogP contribution is -2.12. The standard InChI is InChI=1S/C9H5F2N3O4/c1-18-9(15)6-5(8(10)11)7(14(16)17)4(2-12)3-13-6/h3,8H,1H3. The van der Waals surface area contributed by atoms with Gasteiger partial charge in [-0.3, -0.25) is 10.1 Å². The topological polar surface area (TPSA) is 106 Å². The predicted molar refractivity (Wildman–Crippen MR) is 51.9 cm³/mol. The first kappa shape index (κ1) is 13.4. The van der Waals surface area contributed by atoms with E-state index in [1.165, 1.54) is 6.07 Å². The van der Waals surface area contributed by atoms with E-state index in [1.54, 1.807) is 0 Å². The molecule has 0 bridgehead atoms. The monoisotopic (exact) mass is 257 g/mol. The molecule has 0 aliphatic carbocycles. The number of halogens is 2. The molecule has 0 spiro atoms. The summed E-state index contributed by atoms with van der Waals surface area (Å²) in [6.07, 6.45) is -2.66. The fourth-order valence-electron chi connectivity index (χ4n) is 1.26. The Kier molecular flexibility index (Phi) is 3.83. The average molecular weight is 257 g/mol. The number of pyridine rings is 1. The van der Waals surface area contributed by atoms with Gasteiger partial charge in [-0.2, -0.15) is 5.26 Å². The Labute approximate surface area is 98.8 Å². The molecule has 0 saturated heterocycles. The van der Waals surface area contributed by atoms with Crippen molar-refractivity contribution >= 4 is 11.7 Å². The molecule has 0 amide bonds. The van der Waals surface area contributed by atoms with E-state index in [-0.39, 0.29) is 0 Å². The van der Waals surface area contributed by atoms with Gasteiger partial charge in [0.25, 0.3) is 12.1 Å². The molecule has 0 N–H and O–H groups in total. The highest BCUT2D eigenvalue weighted by Crippen LogP contribution is 2.33. The highest BCUT2D eigenvalue weighted by Gasteiger charge is 2.33. The van der Waals surface area contributed by atoms with Crippen molar-refractivity contribution in [2.45, 2.75) is 6.43 Å². The molecule has 1 rings (SSSR count). The summed E-state index contributed by atoms with van der Waals surface area (Å²) < 4.78 is 29.8. The fourth-order valence-corrected chi connectivity index (χ4v) is 1.26. The minimum atomic E-state index is -3.33. The van der Waals surface area contributed by atoms with Crippen LogP contribution >= 0.6 is 0 Å². The van der Waals surface area contributed by atoms with Crippen LogP contribution in [-0.4, -0.2) is 23.0 Å². The van der Waals surface area contributed by atoms with Gasteiger partial charge in [0.05, 0.1) is 18.2 Å². The van der Waals surface area contributed by atoms with E-state index >= 15 is 0 Å². The van der Waals surface area contributed by atoms with Crippen LogP contribution in [0.15, 0.2) is 6.20 Å². The number of hydrogen-bond acceptors (Lipinski definition) is 6. The molecular weight excluding hydrogens is 252 g/mol. The SMILES string of the molecule is COC(=O)c1ncc(C#N)c([N+](=O)[O-])c1C(F)F. The van der Waals surface area contributed by atoms with Crippen molar-refractivity contribution in [3.8, 4) is 6.07 Å². The van der Waals surface area contributed by atoms with Gasteiger partial charge < -0.3 is 4.74 Å². The van der Waals surface area contributed by atoms with Crippen LogP contribution in [0.3, 0.4) is 0 Å². The minimum Gasteiger partial charge on any atom is -0.464 e. The smallest absolute Gasteiger partial charge is 0.357 e. The Hall–Kier alpha value is -2.63. The van der Waals surface area contributed by atoms with E-state index < -0.39 is 39.8 Å². The Morgan fingerprint density at radius 3 is 2.67 bits per heavy atom. The molecule has 0 unspecified atom stereocenters. The third kappa shape index (κ3) is 2.22. The number of alkyl halides is 2. The largest absolute Gasteiger partial charge is 0.464 e. The van der Waals surface area contributed by atoms with E-state index in [1.807, 2.05) is 0 Å². The molecule has 1 heterocycles. The summed E-state index contributed by atoms with van der Waals surface area (Å²) >= 11 is 0. The number of hydrogen-bond donors (Lipinski definition) is 0. The van der Waals surface area contributed by atoms with E-state index in [0.29, 0.717) is 6.20 Å². The highest BCUT2D eigenvalue weighted by atomic mass is 19.3. The van der Waals surface area contributed by atoms with Crippen LogP contribution in [-0.2, 0) is 4.74 Å². The van der Waals surface area contributed by atoms with Gasteiger partial charge in [0.1, 0.15) is 17.2 Å². The summed E-state index contributed by atoms with van der Waals surface area (Å²) in [5, 5.41) is 19.3. The number of aromatic nitrogens is 1. The predicted octanol–water partition coefficient (Wildman–Crippen LogP) is 1.59. The number of rotatable bonds is 3. The van der Waals surface area contributed by atoms with Crippen molar-refractivity contribution in [2.75, 3.05) is 7.11 Å². The number of carbonyl (C=O) groups is 1. The summed E-state index contributed by atoms with van der Waals surface area (Å²) in [6.45, 7) is 0. The molecule has 94 valence electrons. The van der Waals surface area contributed by atoms with Gasteiger partial charge in [-0.15, -0.1) is 0 Å². The molecule has 9 heteroatoms. The second kappa shape index (κ2) is 5.13. The fraction of sp³-hybridized carbons (Fsp3) is 0.222. The molecule has 0 aliphatic heterocycles. The number of nitriles is 1. The normalized spacial score (nSPS) is 9.94. The summed E-state index contributed by atoms with van der Waals surface area (Å²) in [6, 6.07) is 1.37. The molecular formula is C9H5F2N3O4. The Morgan fingerprint density at radius 2 is 2.28 bits per heavy atom. The minimum absolute atomic E-state index is 0.650. The zero-order valence-corrected chi connectivity index (χ0v) is 8.89. The van der Waals surface area contributed by atoms with E-state index in [4.69, 9.17) is 5.26 Å². The quantitative estimate of drug-likeness (QED) is 0.462. The first-order valence-electron chi connectivity index (χ1n) is 4.37. The summed E-state index contributed by atoms with van der Waals surface area (Å²) in [7, 11) is 0.920. The third-order valence-electron chi connectivity index (χ3n) is 1.99. The zero-order chi connectivity index (χ0) is 13.9. The summed E-state index contributed by atoms with van der Waals surface area (Å²) in [4.78, 5) is 24.0. The molecule has 0 aliphatic rings. The van der Waals surface area contributed by atoms with E-state index in [2.05, 4.69) is 9.72 Å². The van der Waals surface area contributed by atoms with Crippen LogP contribution in [0.5, 0.6) is 0 Å². The van der Waals surface area contributed by atoms with E-state index in [9.17, 15) is 23.7 Å². The number of carbonyl (C=O) groups excluding carboxylic acids is 1. The van der Waals surface area contributed by atoms with Gasteiger partial charge in [-0.25, -0.2) is 18.6 Å². The maximum atomic E-state index is 12.8. The van der Waals surface area contributed by atoms with Gasteiger partial charge in [0, 0.05) is 0 Å². The second-order valence-corrected chi connectivity index (χ2v) is 2.94.